The maximum absolute atomic E-state index is 5.30. The minimum Gasteiger partial charge on any atom is -0.489 e. The molecule has 0 spiro atoms. The predicted molar refractivity (Wildman–Crippen MR) is 53.5 cm³/mol. The Morgan fingerprint density at radius 1 is 1.70 bits per heavy atom. The topological polar surface area (TPSA) is 9.23 Å². The molecule has 0 fully saturated rings. The normalized spacial score (nSPS) is 15.4. The van der Waals surface area contributed by atoms with Gasteiger partial charge in [-0.3, -0.25) is 0 Å². The number of rotatable bonds is 3. The second kappa shape index (κ2) is 4.44. The third-order valence-corrected chi connectivity index (χ3v) is 2.75. The molecule has 54 valence electrons. The molecule has 1 heterocycles. The van der Waals surface area contributed by atoms with Gasteiger partial charge in [0.15, 0.2) is 0 Å². The summed E-state index contributed by atoms with van der Waals surface area (Å²) >= 11 is 0.124. The van der Waals surface area contributed by atoms with Crippen LogP contribution in [0.5, 0.6) is 0 Å². The second-order valence-electron chi connectivity index (χ2n) is 1.72. The fourth-order valence-electron chi connectivity index (χ4n) is 0.543. The van der Waals surface area contributed by atoms with E-state index in [1.54, 1.807) is 6.08 Å². The standard InChI is InChI=1S/C8H9IO/c1-2-6-10-8-4-3-5-9-7-8/h2-5,7H,1,6H2. The molecule has 1 aliphatic rings. The van der Waals surface area contributed by atoms with Gasteiger partial charge in [-0.05, 0) is 10.1 Å². The average Bonchev–Trinajstić information content (AvgIpc) is 2.03. The van der Waals surface area contributed by atoms with Crippen LogP contribution in [0.15, 0.2) is 34.6 Å². The number of halogens is 1. The third-order valence-electron chi connectivity index (χ3n) is 0.944. The average molecular weight is 248 g/mol. The van der Waals surface area contributed by atoms with E-state index in [9.17, 15) is 0 Å². The van der Waals surface area contributed by atoms with Crippen molar-refractivity contribution in [2.75, 3.05) is 6.61 Å². The first-order valence-electron chi connectivity index (χ1n) is 2.99. The Hall–Kier alpha value is -0.380. The summed E-state index contributed by atoms with van der Waals surface area (Å²) in [5, 5.41) is 0. The van der Waals surface area contributed by atoms with Crippen molar-refractivity contribution < 1.29 is 4.74 Å². The summed E-state index contributed by atoms with van der Waals surface area (Å²) in [5.41, 5.74) is 0. The van der Waals surface area contributed by atoms with E-state index in [4.69, 9.17) is 4.74 Å². The summed E-state index contributed by atoms with van der Waals surface area (Å²) < 4.78 is 9.65. The molecule has 2 heteroatoms. The minimum absolute atomic E-state index is 0.124. The van der Waals surface area contributed by atoms with Crippen molar-refractivity contribution in [3.63, 3.8) is 0 Å². The number of hydrogen-bond donors (Lipinski definition) is 0. The lowest BCUT2D eigenvalue weighted by Gasteiger charge is -2.03. The quantitative estimate of drug-likeness (QED) is 0.550. The summed E-state index contributed by atoms with van der Waals surface area (Å²) in [4.78, 5) is 0. The first-order valence-corrected chi connectivity index (χ1v) is 5.48. The molecule has 0 bridgehead atoms. The van der Waals surface area contributed by atoms with Crippen LogP contribution in [0.1, 0.15) is 0 Å². The van der Waals surface area contributed by atoms with E-state index in [2.05, 4.69) is 14.7 Å². The van der Waals surface area contributed by atoms with Gasteiger partial charge in [-0.25, -0.2) is 0 Å². The molecular weight excluding hydrogens is 239 g/mol. The molecule has 0 N–H and O–H groups in total. The van der Waals surface area contributed by atoms with Crippen LogP contribution in [0.4, 0.5) is 0 Å². The molecule has 1 aliphatic heterocycles. The van der Waals surface area contributed by atoms with Crippen LogP contribution in [0.3, 0.4) is 0 Å². The van der Waals surface area contributed by atoms with E-state index in [1.807, 2.05) is 12.2 Å². The molecule has 0 unspecified atom stereocenters. The largest absolute Gasteiger partial charge is 0.489 e. The van der Waals surface area contributed by atoms with Crippen molar-refractivity contribution in [3.8, 4) is 0 Å². The van der Waals surface area contributed by atoms with Crippen molar-refractivity contribution in [2.24, 2.45) is 0 Å². The molecule has 0 saturated heterocycles. The first kappa shape index (κ1) is 7.72. The SMILES string of the molecule is C=CCOC1=CI=CC=C1. The highest BCUT2D eigenvalue weighted by molar-refractivity contribution is 14.2. The van der Waals surface area contributed by atoms with Crippen LogP contribution in [0, 0.1) is 0 Å². The Balaban J connectivity index is 2.41. The highest BCUT2D eigenvalue weighted by Crippen LogP contribution is 2.11. The molecule has 10 heavy (non-hydrogen) atoms. The Labute approximate surface area is 70.8 Å². The number of ether oxygens (including phenoxy) is 1. The molecule has 0 amide bonds. The lowest BCUT2D eigenvalue weighted by atomic mass is 10.5. The van der Waals surface area contributed by atoms with Crippen LogP contribution < -0.4 is 0 Å². The summed E-state index contributed by atoms with van der Waals surface area (Å²) in [6.07, 6.45) is 5.78. The van der Waals surface area contributed by atoms with Crippen LogP contribution in [0.25, 0.3) is 0 Å². The van der Waals surface area contributed by atoms with E-state index in [0.717, 1.165) is 5.76 Å². The lowest BCUT2D eigenvalue weighted by molar-refractivity contribution is 0.263. The van der Waals surface area contributed by atoms with Gasteiger partial charge >= 0.3 is 0 Å². The van der Waals surface area contributed by atoms with E-state index in [1.165, 1.54) is 0 Å². The van der Waals surface area contributed by atoms with Gasteiger partial charge in [0.25, 0.3) is 0 Å². The lowest BCUT2D eigenvalue weighted by Crippen LogP contribution is -1.88. The van der Waals surface area contributed by atoms with Crippen LogP contribution in [0.2, 0.25) is 0 Å². The summed E-state index contributed by atoms with van der Waals surface area (Å²) in [6, 6.07) is 0. The predicted octanol–water partition coefficient (Wildman–Crippen LogP) is 2.37. The molecule has 0 atom stereocenters. The monoisotopic (exact) mass is 248 g/mol. The molecular formula is C8H9IO. The number of hydrogen-bond acceptors (Lipinski definition) is 1. The molecule has 0 radical (unpaired) electrons. The zero-order chi connectivity index (χ0) is 7.23. The second-order valence-corrected chi connectivity index (χ2v) is 3.78. The van der Waals surface area contributed by atoms with Gasteiger partial charge in [0.2, 0.25) is 0 Å². The van der Waals surface area contributed by atoms with Crippen molar-refractivity contribution in [3.05, 3.63) is 34.6 Å². The fraction of sp³-hybridized carbons (Fsp3) is 0.125. The smallest absolute Gasteiger partial charge is 0.125 e. The van der Waals surface area contributed by atoms with Gasteiger partial charge in [-0.1, -0.05) is 39.5 Å². The van der Waals surface area contributed by atoms with Gasteiger partial charge < -0.3 is 4.74 Å². The fourth-order valence-corrected chi connectivity index (χ4v) is 1.94. The van der Waals surface area contributed by atoms with Gasteiger partial charge in [-0.2, -0.15) is 0 Å². The maximum atomic E-state index is 5.30. The van der Waals surface area contributed by atoms with Crippen LogP contribution in [-0.2, 0) is 4.74 Å². The Bertz CT molecular complexity index is 201. The summed E-state index contributed by atoms with van der Waals surface area (Å²) in [7, 11) is 0. The highest BCUT2D eigenvalue weighted by atomic mass is 127. The van der Waals surface area contributed by atoms with E-state index in [0.29, 0.717) is 6.61 Å². The van der Waals surface area contributed by atoms with Gasteiger partial charge in [0.05, 0.1) is 0 Å². The van der Waals surface area contributed by atoms with Crippen molar-refractivity contribution in [1.82, 2.24) is 0 Å². The highest BCUT2D eigenvalue weighted by Gasteiger charge is 1.90. The van der Waals surface area contributed by atoms with E-state index < -0.39 is 0 Å². The van der Waals surface area contributed by atoms with Crippen molar-refractivity contribution in [2.45, 2.75) is 0 Å². The Morgan fingerprint density at radius 2 is 2.60 bits per heavy atom. The van der Waals surface area contributed by atoms with Crippen molar-refractivity contribution in [1.29, 1.82) is 0 Å². The van der Waals surface area contributed by atoms with Crippen molar-refractivity contribution >= 4 is 24.7 Å². The Morgan fingerprint density at radius 3 is 3.20 bits per heavy atom. The Kier molecular flexibility index (Phi) is 3.43. The molecule has 0 aromatic rings. The van der Waals surface area contributed by atoms with Gasteiger partial charge in [-0.15, -0.1) is 0 Å². The minimum atomic E-state index is 0.124. The maximum Gasteiger partial charge on any atom is 0.125 e. The first-order chi connectivity index (χ1) is 4.93. The zero-order valence-electron chi connectivity index (χ0n) is 5.59. The van der Waals surface area contributed by atoms with Crippen LogP contribution >= 0.6 is 20.7 Å². The zero-order valence-corrected chi connectivity index (χ0v) is 7.74. The summed E-state index contributed by atoms with van der Waals surface area (Å²) in [6.45, 7) is 4.18. The number of allylic oxidation sites excluding steroid dienone is 2. The molecule has 0 aromatic heterocycles. The molecule has 1 nitrogen and oxygen atoms in total. The van der Waals surface area contributed by atoms with Gasteiger partial charge in [0, 0.05) is 4.08 Å². The molecule has 1 rings (SSSR count). The van der Waals surface area contributed by atoms with E-state index in [-0.39, 0.29) is 20.7 Å². The molecule has 0 aliphatic carbocycles. The third kappa shape index (κ3) is 2.47. The van der Waals surface area contributed by atoms with Gasteiger partial charge in [0.1, 0.15) is 12.4 Å². The van der Waals surface area contributed by atoms with E-state index >= 15 is 0 Å². The molecule has 0 aromatic carbocycles. The van der Waals surface area contributed by atoms with Crippen LogP contribution in [-0.4, -0.2) is 10.6 Å². The summed E-state index contributed by atoms with van der Waals surface area (Å²) in [5.74, 6) is 0.996. The molecule has 0 saturated carbocycles.